The Bertz CT molecular complexity index is 886. The number of likely N-dealkylation sites (tertiary alicyclic amines) is 1. The van der Waals surface area contributed by atoms with E-state index in [0.29, 0.717) is 42.5 Å². The number of amides is 2. The van der Waals surface area contributed by atoms with E-state index in [9.17, 15) is 14.4 Å². The predicted octanol–water partition coefficient (Wildman–Crippen LogP) is 2.36. The molecular formula is C20H22Cl2N4O3. The van der Waals surface area contributed by atoms with Crippen molar-refractivity contribution in [2.75, 3.05) is 19.6 Å². The molecule has 1 aliphatic rings. The van der Waals surface area contributed by atoms with Gasteiger partial charge in [-0.05, 0) is 37.0 Å². The van der Waals surface area contributed by atoms with Gasteiger partial charge in [-0.1, -0.05) is 29.3 Å². The Labute approximate surface area is 179 Å². The van der Waals surface area contributed by atoms with E-state index in [2.05, 4.69) is 10.3 Å². The first-order chi connectivity index (χ1) is 14.0. The fraction of sp³-hybridized carbons (Fsp3) is 0.400. The molecule has 3 rings (SSSR count). The molecular weight excluding hydrogens is 415 g/mol. The van der Waals surface area contributed by atoms with Crippen molar-refractivity contribution in [1.82, 2.24) is 19.8 Å². The Hall–Kier alpha value is -2.38. The van der Waals surface area contributed by atoms with Crippen LogP contribution in [0.1, 0.15) is 18.4 Å². The molecule has 9 heteroatoms. The summed E-state index contributed by atoms with van der Waals surface area (Å²) in [7, 11) is 0. The van der Waals surface area contributed by atoms with Gasteiger partial charge in [0.25, 0.3) is 5.91 Å². The third kappa shape index (κ3) is 5.58. The van der Waals surface area contributed by atoms with Crippen molar-refractivity contribution < 1.29 is 14.4 Å². The number of ketones is 1. The summed E-state index contributed by atoms with van der Waals surface area (Å²) in [6.07, 6.45) is 7.32. The quantitative estimate of drug-likeness (QED) is 0.371. The van der Waals surface area contributed by atoms with E-state index in [4.69, 9.17) is 23.2 Å². The summed E-state index contributed by atoms with van der Waals surface area (Å²) in [5.74, 6) is -2.53. The molecule has 1 N–H and O–H groups in total. The van der Waals surface area contributed by atoms with Gasteiger partial charge in [0.2, 0.25) is 11.7 Å². The number of nitrogens with one attached hydrogen (secondary N) is 1. The highest BCUT2D eigenvalue weighted by Crippen LogP contribution is 2.23. The van der Waals surface area contributed by atoms with Crippen LogP contribution in [0, 0.1) is 5.92 Å². The molecule has 0 spiro atoms. The molecule has 2 aromatic rings. The summed E-state index contributed by atoms with van der Waals surface area (Å²) in [5, 5.41) is 3.76. The van der Waals surface area contributed by atoms with Crippen LogP contribution in [0.5, 0.6) is 0 Å². The van der Waals surface area contributed by atoms with Crippen LogP contribution in [-0.4, -0.2) is 51.7 Å². The number of aryl methyl sites for hydroxylation is 2. The van der Waals surface area contributed by atoms with E-state index >= 15 is 0 Å². The minimum Gasteiger partial charge on any atom is -0.355 e. The SMILES string of the molecule is O=C(NCCCc1ccc(Cl)c(Cl)c1)C1CN(CCCn2ccnc2)C(=O)C1=O. The van der Waals surface area contributed by atoms with Crippen molar-refractivity contribution in [2.45, 2.75) is 25.8 Å². The van der Waals surface area contributed by atoms with Gasteiger partial charge in [-0.15, -0.1) is 0 Å². The standard InChI is InChI=1S/C20H22Cl2N4O3/c21-16-5-4-14(11-17(16)22)3-1-6-24-19(28)15-12-26(20(29)18(15)27)9-2-8-25-10-7-23-13-25/h4-5,7,10-11,13,15H,1-3,6,8-9,12H2,(H,24,28). The maximum Gasteiger partial charge on any atom is 0.290 e. The lowest BCUT2D eigenvalue weighted by Gasteiger charge is -2.15. The zero-order valence-electron chi connectivity index (χ0n) is 15.8. The van der Waals surface area contributed by atoms with E-state index in [1.807, 2.05) is 16.8 Å². The number of aromatic nitrogens is 2. The fourth-order valence-corrected chi connectivity index (χ4v) is 3.59. The van der Waals surface area contributed by atoms with Gasteiger partial charge in [0.15, 0.2) is 0 Å². The van der Waals surface area contributed by atoms with Gasteiger partial charge in [-0.3, -0.25) is 14.4 Å². The first-order valence-electron chi connectivity index (χ1n) is 9.46. The number of hydrogen-bond acceptors (Lipinski definition) is 4. The van der Waals surface area contributed by atoms with E-state index in [1.54, 1.807) is 24.7 Å². The van der Waals surface area contributed by atoms with Gasteiger partial charge in [-0.2, -0.15) is 0 Å². The van der Waals surface area contributed by atoms with Crippen molar-refractivity contribution in [3.05, 3.63) is 52.5 Å². The van der Waals surface area contributed by atoms with Crippen LogP contribution in [0.4, 0.5) is 0 Å². The molecule has 1 saturated heterocycles. The van der Waals surface area contributed by atoms with Gasteiger partial charge in [0.05, 0.1) is 16.4 Å². The number of benzene rings is 1. The zero-order valence-corrected chi connectivity index (χ0v) is 17.3. The van der Waals surface area contributed by atoms with Crippen LogP contribution < -0.4 is 5.32 Å². The number of Topliss-reactive ketones (excluding diaryl/α,β-unsaturated/α-hetero) is 1. The first-order valence-corrected chi connectivity index (χ1v) is 10.2. The van der Waals surface area contributed by atoms with Crippen LogP contribution >= 0.6 is 23.2 Å². The maximum absolute atomic E-state index is 12.4. The number of rotatable bonds is 9. The Morgan fingerprint density at radius 1 is 1.17 bits per heavy atom. The molecule has 1 atom stereocenters. The molecule has 1 aromatic heterocycles. The number of nitrogens with zero attached hydrogens (tertiary/aromatic N) is 3. The molecule has 1 aromatic carbocycles. The lowest BCUT2D eigenvalue weighted by molar-refractivity contribution is -0.142. The molecule has 154 valence electrons. The molecule has 2 heterocycles. The zero-order chi connectivity index (χ0) is 20.8. The van der Waals surface area contributed by atoms with Gasteiger partial charge >= 0.3 is 0 Å². The first kappa shape index (κ1) is 21.3. The van der Waals surface area contributed by atoms with Crippen LogP contribution in [0.15, 0.2) is 36.9 Å². The van der Waals surface area contributed by atoms with Crippen molar-refractivity contribution in [2.24, 2.45) is 5.92 Å². The lowest BCUT2D eigenvalue weighted by atomic mass is 10.1. The van der Waals surface area contributed by atoms with Crippen molar-refractivity contribution in [3.8, 4) is 0 Å². The molecule has 7 nitrogen and oxygen atoms in total. The van der Waals surface area contributed by atoms with Crippen molar-refractivity contribution in [3.63, 3.8) is 0 Å². The highest BCUT2D eigenvalue weighted by molar-refractivity contribution is 6.42. The average Bonchev–Trinajstić information content (AvgIpc) is 3.31. The second-order valence-electron chi connectivity index (χ2n) is 6.97. The average molecular weight is 437 g/mol. The fourth-order valence-electron chi connectivity index (χ4n) is 3.27. The van der Waals surface area contributed by atoms with Crippen LogP contribution in [-0.2, 0) is 27.3 Å². The Morgan fingerprint density at radius 2 is 2.00 bits per heavy atom. The molecule has 2 amide bonds. The molecule has 1 aliphatic heterocycles. The normalized spacial score (nSPS) is 16.5. The largest absolute Gasteiger partial charge is 0.355 e. The minimum absolute atomic E-state index is 0.139. The highest BCUT2D eigenvalue weighted by Gasteiger charge is 2.42. The number of carbonyl (C=O) groups is 3. The van der Waals surface area contributed by atoms with Crippen molar-refractivity contribution in [1.29, 1.82) is 0 Å². The van der Waals surface area contributed by atoms with E-state index in [0.717, 1.165) is 12.0 Å². The third-order valence-electron chi connectivity index (χ3n) is 4.86. The second kappa shape index (κ2) is 9.89. The smallest absolute Gasteiger partial charge is 0.290 e. The monoisotopic (exact) mass is 436 g/mol. The Balaban J connectivity index is 1.40. The third-order valence-corrected chi connectivity index (χ3v) is 5.60. The summed E-state index contributed by atoms with van der Waals surface area (Å²) in [5.41, 5.74) is 1.02. The van der Waals surface area contributed by atoms with E-state index in [1.165, 1.54) is 4.90 Å². The highest BCUT2D eigenvalue weighted by atomic mass is 35.5. The number of imidazole rings is 1. The molecule has 0 bridgehead atoms. The lowest BCUT2D eigenvalue weighted by Crippen LogP contribution is -2.36. The van der Waals surface area contributed by atoms with Crippen molar-refractivity contribution >= 4 is 40.8 Å². The Morgan fingerprint density at radius 3 is 2.72 bits per heavy atom. The predicted molar refractivity (Wildman–Crippen MR) is 110 cm³/mol. The maximum atomic E-state index is 12.4. The summed E-state index contributed by atoms with van der Waals surface area (Å²) >= 11 is 11.9. The summed E-state index contributed by atoms with van der Waals surface area (Å²) < 4.78 is 1.90. The minimum atomic E-state index is -0.930. The van der Waals surface area contributed by atoms with Crippen LogP contribution in [0.3, 0.4) is 0 Å². The van der Waals surface area contributed by atoms with Gasteiger partial charge in [0.1, 0.15) is 5.92 Å². The molecule has 0 saturated carbocycles. The van der Waals surface area contributed by atoms with E-state index < -0.39 is 23.5 Å². The summed E-state index contributed by atoms with van der Waals surface area (Å²) in [4.78, 5) is 42.1. The second-order valence-corrected chi connectivity index (χ2v) is 7.78. The van der Waals surface area contributed by atoms with Gasteiger partial charge in [-0.25, -0.2) is 4.98 Å². The molecule has 0 aliphatic carbocycles. The van der Waals surface area contributed by atoms with Gasteiger partial charge < -0.3 is 14.8 Å². The number of carbonyl (C=O) groups excluding carboxylic acids is 3. The van der Waals surface area contributed by atoms with Crippen LogP contribution in [0.2, 0.25) is 10.0 Å². The molecule has 0 radical (unpaired) electrons. The van der Waals surface area contributed by atoms with Crippen LogP contribution in [0.25, 0.3) is 0 Å². The number of halogens is 2. The van der Waals surface area contributed by atoms with Gasteiger partial charge in [0, 0.05) is 38.6 Å². The topological polar surface area (TPSA) is 84.3 Å². The summed E-state index contributed by atoms with van der Waals surface area (Å²) in [6.45, 7) is 1.69. The molecule has 1 fully saturated rings. The summed E-state index contributed by atoms with van der Waals surface area (Å²) in [6, 6.07) is 5.42. The Kier molecular flexibility index (Phi) is 7.28. The number of hydrogen-bond donors (Lipinski definition) is 1. The molecule has 1 unspecified atom stereocenters. The van der Waals surface area contributed by atoms with E-state index in [-0.39, 0.29) is 6.54 Å². The molecule has 29 heavy (non-hydrogen) atoms.